The predicted octanol–water partition coefficient (Wildman–Crippen LogP) is 2.14. The fraction of sp³-hybridized carbons (Fsp3) is 0.500. The number of nitrogens with one attached hydrogen (secondary N) is 1. The lowest BCUT2D eigenvalue weighted by Gasteiger charge is -2.07. The summed E-state index contributed by atoms with van der Waals surface area (Å²) in [5.74, 6) is -0.348. The van der Waals surface area contributed by atoms with Gasteiger partial charge in [0.05, 0.1) is 13.0 Å². The molecule has 1 aromatic rings. The van der Waals surface area contributed by atoms with Gasteiger partial charge in [-0.05, 0) is 25.5 Å². The summed E-state index contributed by atoms with van der Waals surface area (Å²) in [5, 5.41) is 2.75. The fourth-order valence-electron chi connectivity index (χ4n) is 1.45. The van der Waals surface area contributed by atoms with Crippen LogP contribution in [-0.4, -0.2) is 32.3 Å². The monoisotopic (exact) mass is 269 g/mol. The van der Waals surface area contributed by atoms with E-state index in [0.717, 1.165) is 6.42 Å². The van der Waals surface area contributed by atoms with E-state index in [2.05, 4.69) is 5.32 Å². The molecule has 0 aliphatic rings. The van der Waals surface area contributed by atoms with Crippen LogP contribution in [0.4, 0.5) is 4.39 Å². The molecule has 4 nitrogen and oxygen atoms in total. The zero-order valence-electron chi connectivity index (χ0n) is 11.2. The summed E-state index contributed by atoms with van der Waals surface area (Å²) in [6.07, 6.45) is 0.997. The van der Waals surface area contributed by atoms with Gasteiger partial charge in [0.2, 0.25) is 5.91 Å². The van der Waals surface area contributed by atoms with Crippen molar-refractivity contribution in [1.82, 2.24) is 5.32 Å². The number of hydrogen-bond acceptors (Lipinski definition) is 3. The molecular formula is C14H20FNO3. The average molecular weight is 269 g/mol. The second kappa shape index (κ2) is 9.33. The van der Waals surface area contributed by atoms with Gasteiger partial charge >= 0.3 is 0 Å². The van der Waals surface area contributed by atoms with Crippen LogP contribution in [0, 0.1) is 5.82 Å². The minimum Gasteiger partial charge on any atom is -0.490 e. The highest BCUT2D eigenvalue weighted by molar-refractivity contribution is 5.75. The van der Waals surface area contributed by atoms with E-state index in [1.807, 2.05) is 6.92 Å². The molecule has 0 atom stereocenters. The van der Waals surface area contributed by atoms with Gasteiger partial charge in [0.15, 0.2) is 11.6 Å². The van der Waals surface area contributed by atoms with Crippen molar-refractivity contribution in [2.75, 3.05) is 26.4 Å². The van der Waals surface area contributed by atoms with Crippen LogP contribution in [0.1, 0.15) is 19.8 Å². The lowest BCUT2D eigenvalue weighted by molar-refractivity contribution is -0.121. The van der Waals surface area contributed by atoms with Crippen LogP contribution in [0.25, 0.3) is 0 Å². The molecule has 1 rings (SSSR count). The largest absolute Gasteiger partial charge is 0.490 e. The highest BCUT2D eigenvalue weighted by Gasteiger charge is 2.04. The number of ether oxygens (including phenoxy) is 2. The Morgan fingerprint density at radius 3 is 2.84 bits per heavy atom. The summed E-state index contributed by atoms with van der Waals surface area (Å²) >= 11 is 0. The summed E-state index contributed by atoms with van der Waals surface area (Å²) in [4.78, 5) is 11.4. The van der Waals surface area contributed by atoms with Gasteiger partial charge < -0.3 is 14.8 Å². The molecule has 0 aliphatic heterocycles. The van der Waals surface area contributed by atoms with E-state index < -0.39 is 5.82 Å². The van der Waals surface area contributed by atoms with Gasteiger partial charge in [-0.3, -0.25) is 4.79 Å². The Morgan fingerprint density at radius 1 is 1.32 bits per heavy atom. The van der Waals surface area contributed by atoms with Crippen molar-refractivity contribution in [3.8, 4) is 5.75 Å². The molecular weight excluding hydrogens is 249 g/mol. The molecule has 0 heterocycles. The number of amides is 1. The number of para-hydroxylation sites is 1. The van der Waals surface area contributed by atoms with E-state index in [4.69, 9.17) is 9.47 Å². The summed E-state index contributed by atoms with van der Waals surface area (Å²) in [6.45, 7) is 4.00. The van der Waals surface area contributed by atoms with Gasteiger partial charge in [0, 0.05) is 19.8 Å². The van der Waals surface area contributed by atoms with Crippen molar-refractivity contribution in [2.45, 2.75) is 19.8 Å². The Hall–Kier alpha value is -1.62. The average Bonchev–Trinajstić information content (AvgIpc) is 2.41. The molecule has 0 aromatic heterocycles. The topological polar surface area (TPSA) is 47.6 Å². The Balaban J connectivity index is 2.09. The maximum Gasteiger partial charge on any atom is 0.223 e. The van der Waals surface area contributed by atoms with Gasteiger partial charge in [-0.15, -0.1) is 0 Å². The molecule has 0 unspecified atom stereocenters. The van der Waals surface area contributed by atoms with Crippen molar-refractivity contribution < 1.29 is 18.7 Å². The minimum atomic E-state index is -0.417. The van der Waals surface area contributed by atoms with E-state index in [9.17, 15) is 9.18 Å². The Labute approximate surface area is 112 Å². The van der Waals surface area contributed by atoms with Gasteiger partial charge in [-0.2, -0.15) is 0 Å². The van der Waals surface area contributed by atoms with Crippen molar-refractivity contribution >= 4 is 5.91 Å². The molecule has 0 aliphatic carbocycles. The van der Waals surface area contributed by atoms with E-state index in [1.54, 1.807) is 12.1 Å². The van der Waals surface area contributed by atoms with Crippen LogP contribution >= 0.6 is 0 Å². The van der Waals surface area contributed by atoms with Crippen LogP contribution in [-0.2, 0) is 9.53 Å². The third-order valence-corrected chi connectivity index (χ3v) is 2.42. The van der Waals surface area contributed by atoms with Crippen molar-refractivity contribution in [2.24, 2.45) is 0 Å². The molecule has 19 heavy (non-hydrogen) atoms. The first-order chi connectivity index (χ1) is 9.24. The lowest BCUT2D eigenvalue weighted by Crippen LogP contribution is -2.26. The number of halogens is 1. The van der Waals surface area contributed by atoms with E-state index in [1.165, 1.54) is 12.1 Å². The highest BCUT2D eigenvalue weighted by Crippen LogP contribution is 2.15. The third-order valence-electron chi connectivity index (χ3n) is 2.42. The van der Waals surface area contributed by atoms with E-state index in [-0.39, 0.29) is 24.7 Å². The first-order valence-corrected chi connectivity index (χ1v) is 6.45. The summed E-state index contributed by atoms with van der Waals surface area (Å²) in [7, 11) is 0. The molecule has 1 aromatic carbocycles. The van der Waals surface area contributed by atoms with Crippen LogP contribution in [0.2, 0.25) is 0 Å². The number of benzene rings is 1. The zero-order chi connectivity index (χ0) is 13.9. The summed E-state index contributed by atoms with van der Waals surface area (Å²) in [6, 6.07) is 6.14. The van der Waals surface area contributed by atoms with Crippen LogP contribution in [0.3, 0.4) is 0 Å². The van der Waals surface area contributed by atoms with Gasteiger partial charge in [-0.25, -0.2) is 4.39 Å². The zero-order valence-corrected chi connectivity index (χ0v) is 11.2. The van der Waals surface area contributed by atoms with Crippen LogP contribution in [0.15, 0.2) is 24.3 Å². The van der Waals surface area contributed by atoms with E-state index >= 15 is 0 Å². The maximum absolute atomic E-state index is 13.2. The second-order valence-corrected chi connectivity index (χ2v) is 3.93. The third kappa shape index (κ3) is 6.76. The molecule has 0 saturated carbocycles. The molecule has 0 saturated heterocycles. The molecule has 0 fully saturated rings. The minimum absolute atomic E-state index is 0.104. The number of hydrogen-bond donors (Lipinski definition) is 1. The predicted molar refractivity (Wildman–Crippen MR) is 70.6 cm³/mol. The van der Waals surface area contributed by atoms with Crippen LogP contribution < -0.4 is 10.1 Å². The van der Waals surface area contributed by atoms with Gasteiger partial charge in [0.25, 0.3) is 0 Å². The Kier molecular flexibility index (Phi) is 7.58. The molecule has 106 valence electrons. The Morgan fingerprint density at radius 2 is 2.11 bits per heavy atom. The quantitative estimate of drug-likeness (QED) is 0.699. The molecule has 1 amide bonds. The smallest absolute Gasteiger partial charge is 0.223 e. The highest BCUT2D eigenvalue weighted by atomic mass is 19.1. The molecule has 0 bridgehead atoms. The maximum atomic E-state index is 13.2. The second-order valence-electron chi connectivity index (χ2n) is 3.93. The molecule has 0 spiro atoms. The van der Waals surface area contributed by atoms with Gasteiger partial charge in [-0.1, -0.05) is 12.1 Å². The summed E-state index contributed by atoms with van der Waals surface area (Å²) < 4.78 is 23.5. The van der Waals surface area contributed by atoms with Crippen LogP contribution in [0.5, 0.6) is 5.75 Å². The number of carbonyl (C=O) groups is 1. The fourth-order valence-corrected chi connectivity index (χ4v) is 1.45. The normalized spacial score (nSPS) is 10.2. The lowest BCUT2D eigenvalue weighted by atomic mass is 10.3. The van der Waals surface area contributed by atoms with Crippen molar-refractivity contribution in [3.05, 3.63) is 30.1 Å². The van der Waals surface area contributed by atoms with Crippen molar-refractivity contribution in [1.29, 1.82) is 0 Å². The Bertz CT molecular complexity index is 385. The SMILES string of the molecule is CCOCCCNC(=O)CCOc1ccccc1F. The van der Waals surface area contributed by atoms with Gasteiger partial charge in [0.1, 0.15) is 0 Å². The molecule has 5 heteroatoms. The van der Waals surface area contributed by atoms with E-state index in [0.29, 0.717) is 19.8 Å². The first kappa shape index (κ1) is 15.4. The number of rotatable bonds is 9. The number of carbonyl (C=O) groups excluding carboxylic acids is 1. The summed E-state index contributed by atoms with van der Waals surface area (Å²) in [5.41, 5.74) is 0. The molecule has 0 radical (unpaired) electrons. The van der Waals surface area contributed by atoms with Crippen molar-refractivity contribution in [3.63, 3.8) is 0 Å². The first-order valence-electron chi connectivity index (χ1n) is 6.45. The standard InChI is InChI=1S/C14H20FNO3/c1-2-18-10-5-9-16-14(17)8-11-19-13-7-4-3-6-12(13)15/h3-4,6-7H,2,5,8-11H2,1H3,(H,16,17). The molecule has 1 N–H and O–H groups in total.